The third-order valence-corrected chi connectivity index (χ3v) is 5.79. The van der Waals surface area contributed by atoms with Gasteiger partial charge in [0, 0.05) is 43.7 Å². The Balaban J connectivity index is 0.000000321. The number of halogens is 3. The Labute approximate surface area is 159 Å². The van der Waals surface area contributed by atoms with E-state index in [2.05, 4.69) is 9.80 Å². The van der Waals surface area contributed by atoms with Gasteiger partial charge in [0.2, 0.25) is 5.91 Å². The molecule has 0 radical (unpaired) electrons. The Kier molecular flexibility index (Phi) is 7.24. The molecule has 10 heteroatoms. The van der Waals surface area contributed by atoms with E-state index in [9.17, 15) is 18.0 Å². The summed E-state index contributed by atoms with van der Waals surface area (Å²) in [6.07, 6.45) is -2.18. The molecule has 152 valence electrons. The molecule has 2 aliphatic rings. The third kappa shape index (κ3) is 5.66. The summed E-state index contributed by atoms with van der Waals surface area (Å²) < 4.78 is 36.9. The number of thiophene rings is 1. The summed E-state index contributed by atoms with van der Waals surface area (Å²) in [6, 6.07) is 4.06. The molecule has 3 heterocycles. The van der Waals surface area contributed by atoms with E-state index in [1.54, 1.807) is 18.4 Å². The number of rotatable bonds is 5. The molecule has 0 bridgehead atoms. The number of alkyl halides is 3. The number of methoxy groups -OCH3 is 1. The molecule has 1 aromatic heterocycles. The van der Waals surface area contributed by atoms with Gasteiger partial charge in [-0.05, 0) is 24.3 Å². The van der Waals surface area contributed by atoms with Crippen molar-refractivity contribution in [2.24, 2.45) is 0 Å². The summed E-state index contributed by atoms with van der Waals surface area (Å²) in [5, 5.41) is 9.16. The quantitative estimate of drug-likeness (QED) is 0.809. The number of nitrogens with zero attached hydrogens (tertiary/aromatic N) is 2. The number of likely N-dealkylation sites (tertiary alicyclic amines) is 2. The van der Waals surface area contributed by atoms with Crippen molar-refractivity contribution in [1.82, 2.24) is 9.80 Å². The van der Waals surface area contributed by atoms with Crippen LogP contribution in [0.15, 0.2) is 17.5 Å². The van der Waals surface area contributed by atoms with Crippen LogP contribution in [-0.2, 0) is 20.7 Å². The fourth-order valence-electron chi connectivity index (χ4n) is 3.34. The first-order valence-electron chi connectivity index (χ1n) is 8.52. The van der Waals surface area contributed by atoms with E-state index in [0.29, 0.717) is 6.42 Å². The zero-order valence-electron chi connectivity index (χ0n) is 15.0. The van der Waals surface area contributed by atoms with Crippen LogP contribution in [0.25, 0.3) is 0 Å². The fraction of sp³-hybridized carbons (Fsp3) is 0.647. The topological polar surface area (TPSA) is 70.1 Å². The van der Waals surface area contributed by atoms with E-state index in [4.69, 9.17) is 14.6 Å². The summed E-state index contributed by atoms with van der Waals surface area (Å²) in [4.78, 5) is 27.0. The lowest BCUT2D eigenvalue weighted by Crippen LogP contribution is -2.62. The molecule has 0 saturated carbocycles. The van der Waals surface area contributed by atoms with E-state index >= 15 is 0 Å². The van der Waals surface area contributed by atoms with Gasteiger partial charge in [0.15, 0.2) is 0 Å². The molecule has 27 heavy (non-hydrogen) atoms. The lowest BCUT2D eigenvalue weighted by Gasteiger charge is -2.50. The molecule has 1 unspecified atom stereocenters. The molecular formula is C17H23F3N2O4S. The number of amides is 1. The van der Waals surface area contributed by atoms with Gasteiger partial charge in [-0.1, -0.05) is 6.07 Å². The third-order valence-electron chi connectivity index (χ3n) is 4.92. The number of aliphatic carboxylic acids is 1. The molecule has 1 spiro atoms. The van der Waals surface area contributed by atoms with E-state index in [1.165, 1.54) is 11.3 Å². The van der Waals surface area contributed by atoms with Crippen molar-refractivity contribution in [3.8, 4) is 0 Å². The van der Waals surface area contributed by atoms with Crippen LogP contribution in [0.3, 0.4) is 0 Å². The first kappa shape index (κ1) is 21.6. The second-order valence-corrected chi connectivity index (χ2v) is 7.61. The average molecular weight is 408 g/mol. The lowest BCUT2D eigenvalue weighted by atomic mass is 9.84. The van der Waals surface area contributed by atoms with E-state index in [1.807, 2.05) is 17.5 Å². The largest absolute Gasteiger partial charge is 0.490 e. The molecular weight excluding hydrogens is 385 g/mol. The minimum Gasteiger partial charge on any atom is -0.475 e. The fourth-order valence-corrected chi connectivity index (χ4v) is 4.04. The number of carboxylic acids is 1. The normalized spacial score (nSPS) is 22.3. The van der Waals surface area contributed by atoms with Crippen LogP contribution < -0.4 is 0 Å². The van der Waals surface area contributed by atoms with Crippen molar-refractivity contribution < 1.29 is 32.6 Å². The van der Waals surface area contributed by atoms with Crippen molar-refractivity contribution >= 4 is 23.2 Å². The molecule has 1 N–H and O–H groups in total. The van der Waals surface area contributed by atoms with Crippen molar-refractivity contribution in [2.75, 3.05) is 39.9 Å². The summed E-state index contributed by atoms with van der Waals surface area (Å²) in [5.74, 6) is -2.48. The van der Waals surface area contributed by atoms with Crippen molar-refractivity contribution in [3.05, 3.63) is 22.4 Å². The Morgan fingerprint density at radius 1 is 1.33 bits per heavy atom. The van der Waals surface area contributed by atoms with Crippen molar-refractivity contribution in [3.63, 3.8) is 0 Å². The van der Waals surface area contributed by atoms with Gasteiger partial charge in [0.05, 0.1) is 13.0 Å². The van der Waals surface area contributed by atoms with Gasteiger partial charge in [-0.15, -0.1) is 11.3 Å². The molecule has 1 aromatic rings. The number of carbonyl (C=O) groups is 2. The first-order chi connectivity index (χ1) is 12.7. The molecule has 0 aromatic carbocycles. The van der Waals surface area contributed by atoms with E-state index in [-0.39, 0.29) is 11.4 Å². The highest BCUT2D eigenvalue weighted by Crippen LogP contribution is 2.38. The van der Waals surface area contributed by atoms with E-state index < -0.39 is 12.1 Å². The Hall–Kier alpha value is -1.65. The Morgan fingerprint density at radius 2 is 2.00 bits per heavy atom. The lowest BCUT2D eigenvalue weighted by molar-refractivity contribution is -0.192. The monoisotopic (exact) mass is 408 g/mol. The second kappa shape index (κ2) is 9.03. The smallest absolute Gasteiger partial charge is 0.475 e. The Morgan fingerprint density at radius 3 is 2.48 bits per heavy atom. The molecule has 6 nitrogen and oxygen atoms in total. The Bertz CT molecular complexity index is 639. The zero-order valence-corrected chi connectivity index (χ0v) is 15.8. The number of carboxylic acid groups (broad SMARTS) is 1. The minimum absolute atomic E-state index is 0.254. The number of hydrogen-bond donors (Lipinski definition) is 1. The minimum atomic E-state index is -5.08. The summed E-state index contributed by atoms with van der Waals surface area (Å²) in [5.41, 5.74) is 0.254. The molecule has 2 saturated heterocycles. The standard InChI is InChI=1S/C15H22N2O2S.C2HF3O2/c1-19-9-8-17-7-5-15(17)4-6-16(12-15)14(18)11-13-3-2-10-20-13;3-2(4,5)1(6)7/h2-3,10H,4-9,11-12H2,1H3;(H,6,7). The maximum Gasteiger partial charge on any atom is 0.490 e. The molecule has 3 rings (SSSR count). The maximum absolute atomic E-state index is 12.4. The highest BCUT2D eigenvalue weighted by molar-refractivity contribution is 7.10. The number of ether oxygens (including phenoxy) is 1. The van der Waals surface area contributed by atoms with Gasteiger partial charge in [-0.2, -0.15) is 13.2 Å². The van der Waals surface area contributed by atoms with Gasteiger partial charge in [0.25, 0.3) is 0 Å². The van der Waals surface area contributed by atoms with Crippen LogP contribution in [0.2, 0.25) is 0 Å². The highest BCUT2D eigenvalue weighted by Gasteiger charge is 2.49. The molecule has 0 aliphatic carbocycles. The number of hydrogen-bond acceptors (Lipinski definition) is 5. The highest BCUT2D eigenvalue weighted by atomic mass is 32.1. The van der Waals surface area contributed by atoms with Crippen LogP contribution in [0.5, 0.6) is 0 Å². The molecule has 2 fully saturated rings. The molecule has 1 atom stereocenters. The van der Waals surface area contributed by atoms with Gasteiger partial charge >= 0.3 is 12.1 Å². The van der Waals surface area contributed by atoms with Gasteiger partial charge in [0.1, 0.15) is 0 Å². The summed E-state index contributed by atoms with van der Waals surface area (Å²) in [7, 11) is 1.75. The van der Waals surface area contributed by atoms with Crippen LogP contribution in [0, 0.1) is 0 Å². The SMILES string of the molecule is COCCN1CCC12CCN(C(=O)Cc1cccs1)C2.O=C(O)C(F)(F)F. The van der Waals surface area contributed by atoms with Gasteiger partial charge < -0.3 is 14.7 Å². The summed E-state index contributed by atoms with van der Waals surface area (Å²) in [6.45, 7) is 4.74. The second-order valence-electron chi connectivity index (χ2n) is 6.58. The predicted octanol–water partition coefficient (Wildman–Crippen LogP) is 2.25. The van der Waals surface area contributed by atoms with Crippen LogP contribution in [0.4, 0.5) is 13.2 Å². The molecule has 2 aliphatic heterocycles. The van der Waals surface area contributed by atoms with Crippen LogP contribution in [-0.4, -0.2) is 78.4 Å². The first-order valence-corrected chi connectivity index (χ1v) is 9.40. The van der Waals surface area contributed by atoms with E-state index in [0.717, 1.165) is 39.2 Å². The van der Waals surface area contributed by atoms with Crippen molar-refractivity contribution in [2.45, 2.75) is 31.0 Å². The van der Waals surface area contributed by atoms with Crippen LogP contribution >= 0.6 is 11.3 Å². The van der Waals surface area contributed by atoms with Crippen molar-refractivity contribution in [1.29, 1.82) is 0 Å². The van der Waals surface area contributed by atoms with Crippen LogP contribution in [0.1, 0.15) is 17.7 Å². The average Bonchev–Trinajstić information content (AvgIpc) is 3.24. The number of carbonyl (C=O) groups excluding carboxylic acids is 1. The van der Waals surface area contributed by atoms with Gasteiger partial charge in [-0.25, -0.2) is 4.79 Å². The predicted molar refractivity (Wildman–Crippen MR) is 93.7 cm³/mol. The summed E-state index contributed by atoms with van der Waals surface area (Å²) >= 11 is 1.67. The maximum atomic E-state index is 12.4. The van der Waals surface area contributed by atoms with Gasteiger partial charge in [-0.3, -0.25) is 9.69 Å². The zero-order chi connectivity index (χ0) is 20.1. The molecule has 1 amide bonds.